The molecule has 0 aromatic carbocycles. The van der Waals surface area contributed by atoms with Gasteiger partial charge in [0.05, 0.1) is 25.7 Å². The van der Waals surface area contributed by atoms with Crippen LogP contribution >= 0.6 is 0 Å². The van der Waals surface area contributed by atoms with E-state index in [0.717, 1.165) is 32.1 Å². The van der Waals surface area contributed by atoms with Crippen LogP contribution in [0.1, 0.15) is 73.6 Å². The third kappa shape index (κ3) is 13.4. The fourth-order valence-electron chi connectivity index (χ4n) is 4.77. The summed E-state index contributed by atoms with van der Waals surface area (Å²) in [5.74, 6) is 0.457. The van der Waals surface area contributed by atoms with Crippen LogP contribution in [0.25, 0.3) is 0 Å². The van der Waals surface area contributed by atoms with Crippen molar-refractivity contribution in [3.8, 4) is 0 Å². The Bertz CT molecular complexity index is 754. The average molecular weight is 433 g/mol. The van der Waals surface area contributed by atoms with Crippen LogP contribution in [-0.2, 0) is 19.2 Å². The SMILES string of the molecule is CC(CCN=C=O)CC(C)(C)CN=C=O.CC1(C)CC(N=C=O)CC(C)(CN=C=O)C1. The molecule has 1 saturated carbocycles. The van der Waals surface area contributed by atoms with Crippen molar-refractivity contribution in [2.45, 2.75) is 79.7 Å². The van der Waals surface area contributed by atoms with Crippen LogP contribution in [0, 0.1) is 22.2 Å². The molecule has 0 spiro atoms. The maximum absolute atomic E-state index is 10.3. The zero-order valence-corrected chi connectivity index (χ0v) is 19.7. The van der Waals surface area contributed by atoms with E-state index in [1.807, 2.05) is 0 Å². The van der Waals surface area contributed by atoms with E-state index in [9.17, 15) is 19.2 Å². The van der Waals surface area contributed by atoms with Crippen molar-refractivity contribution in [2.24, 2.45) is 42.1 Å². The minimum atomic E-state index is -0.0653. The standard InChI is InChI=1S/C12H18N2O2.C11H18N2O2/c1-11(2)4-10(14-9-16)5-12(3,6-11)7-13-8-15;1-10(4-5-12-8-14)6-11(2,3)7-13-9-15/h10H,4-7H2,1-3H3;10H,4-7H2,1-3H3. The lowest BCUT2D eigenvalue weighted by Crippen LogP contribution is -2.39. The molecule has 0 amide bonds. The van der Waals surface area contributed by atoms with Crippen molar-refractivity contribution in [2.75, 3.05) is 19.6 Å². The fraction of sp³-hybridized carbons (Fsp3) is 0.826. The lowest BCUT2D eigenvalue weighted by molar-refractivity contribution is 0.0915. The summed E-state index contributed by atoms with van der Waals surface area (Å²) in [5.41, 5.74) is 0.0579. The maximum Gasteiger partial charge on any atom is 0.235 e. The molecule has 0 aromatic rings. The van der Waals surface area contributed by atoms with Gasteiger partial charge in [0, 0.05) is 0 Å². The average Bonchev–Trinajstić information content (AvgIpc) is 2.64. The van der Waals surface area contributed by atoms with Crippen LogP contribution in [-0.4, -0.2) is 50.0 Å². The van der Waals surface area contributed by atoms with Crippen molar-refractivity contribution >= 4 is 24.3 Å². The highest BCUT2D eigenvalue weighted by molar-refractivity contribution is 5.34. The quantitative estimate of drug-likeness (QED) is 0.377. The summed E-state index contributed by atoms with van der Waals surface area (Å²) >= 11 is 0. The molecule has 1 fully saturated rings. The molecular formula is C23H36N4O4. The van der Waals surface area contributed by atoms with Gasteiger partial charge in [-0.3, -0.25) is 0 Å². The predicted octanol–water partition coefficient (Wildman–Crippen LogP) is 4.34. The summed E-state index contributed by atoms with van der Waals surface area (Å²) in [7, 11) is 0. The van der Waals surface area contributed by atoms with Gasteiger partial charge in [0.15, 0.2) is 0 Å². The zero-order valence-electron chi connectivity index (χ0n) is 19.7. The maximum atomic E-state index is 10.3. The molecule has 3 unspecified atom stereocenters. The first-order valence-corrected chi connectivity index (χ1v) is 10.6. The second kappa shape index (κ2) is 13.7. The van der Waals surface area contributed by atoms with Gasteiger partial charge in [-0.05, 0) is 54.3 Å². The molecule has 0 aliphatic heterocycles. The van der Waals surface area contributed by atoms with Crippen LogP contribution < -0.4 is 0 Å². The number of isocyanates is 4. The van der Waals surface area contributed by atoms with E-state index in [4.69, 9.17) is 0 Å². The summed E-state index contributed by atoms with van der Waals surface area (Å²) in [4.78, 5) is 55.0. The topological polar surface area (TPSA) is 118 Å². The Morgan fingerprint density at radius 1 is 0.935 bits per heavy atom. The number of rotatable bonds is 10. The zero-order chi connectivity index (χ0) is 24.0. The van der Waals surface area contributed by atoms with Crippen LogP contribution in [0.4, 0.5) is 0 Å². The van der Waals surface area contributed by atoms with E-state index in [2.05, 4.69) is 61.5 Å². The molecule has 1 aliphatic rings. The first-order chi connectivity index (χ1) is 14.4. The summed E-state index contributed by atoms with van der Waals surface area (Å²) in [6, 6.07) is 0.00750. The lowest BCUT2D eigenvalue weighted by Gasteiger charge is -2.44. The molecule has 0 radical (unpaired) electrons. The van der Waals surface area contributed by atoms with E-state index in [0.29, 0.717) is 25.6 Å². The number of aliphatic imine (C=N–C) groups is 4. The number of hydrogen-bond donors (Lipinski definition) is 0. The Hall–Kier alpha value is -2.48. The van der Waals surface area contributed by atoms with E-state index < -0.39 is 0 Å². The molecule has 0 aromatic heterocycles. The van der Waals surface area contributed by atoms with Gasteiger partial charge in [0.25, 0.3) is 0 Å². The molecule has 8 nitrogen and oxygen atoms in total. The minimum Gasteiger partial charge on any atom is -0.211 e. The molecule has 31 heavy (non-hydrogen) atoms. The Morgan fingerprint density at radius 3 is 2.10 bits per heavy atom. The highest BCUT2D eigenvalue weighted by atomic mass is 16.1. The number of carbonyl (C=O) groups excluding carboxylic acids is 4. The predicted molar refractivity (Wildman–Crippen MR) is 119 cm³/mol. The summed E-state index contributed by atoms with van der Waals surface area (Å²) < 4.78 is 0. The van der Waals surface area contributed by atoms with Crippen molar-refractivity contribution in [1.82, 2.24) is 0 Å². The Balaban J connectivity index is 0.000000582. The second-order valence-corrected chi connectivity index (χ2v) is 10.5. The second-order valence-electron chi connectivity index (χ2n) is 10.5. The molecule has 172 valence electrons. The van der Waals surface area contributed by atoms with E-state index >= 15 is 0 Å². The van der Waals surface area contributed by atoms with Crippen molar-refractivity contribution in [3.63, 3.8) is 0 Å². The highest BCUT2D eigenvalue weighted by Gasteiger charge is 2.41. The van der Waals surface area contributed by atoms with E-state index in [-0.39, 0.29) is 22.3 Å². The number of nitrogens with zero attached hydrogens (tertiary/aromatic N) is 4. The van der Waals surface area contributed by atoms with Gasteiger partial charge in [-0.15, -0.1) is 0 Å². The Morgan fingerprint density at radius 2 is 1.55 bits per heavy atom. The molecular weight excluding hydrogens is 396 g/mol. The Kier molecular flexibility index (Phi) is 12.6. The van der Waals surface area contributed by atoms with Gasteiger partial charge in [0.2, 0.25) is 24.3 Å². The van der Waals surface area contributed by atoms with Crippen molar-refractivity contribution in [1.29, 1.82) is 0 Å². The number of hydrogen-bond acceptors (Lipinski definition) is 8. The van der Waals surface area contributed by atoms with Crippen LogP contribution in [0.5, 0.6) is 0 Å². The monoisotopic (exact) mass is 432 g/mol. The largest absolute Gasteiger partial charge is 0.235 e. The third-order valence-corrected chi connectivity index (χ3v) is 5.45. The molecule has 0 N–H and O–H groups in total. The summed E-state index contributed by atoms with van der Waals surface area (Å²) in [6.07, 6.45) is 10.8. The van der Waals surface area contributed by atoms with Crippen molar-refractivity contribution in [3.05, 3.63) is 0 Å². The van der Waals surface area contributed by atoms with E-state index in [1.54, 1.807) is 18.2 Å². The van der Waals surface area contributed by atoms with Gasteiger partial charge < -0.3 is 0 Å². The van der Waals surface area contributed by atoms with Gasteiger partial charge in [0.1, 0.15) is 0 Å². The third-order valence-electron chi connectivity index (χ3n) is 5.45. The molecule has 0 bridgehead atoms. The minimum absolute atomic E-state index is 0.00171. The van der Waals surface area contributed by atoms with Crippen LogP contribution in [0.3, 0.4) is 0 Å². The lowest BCUT2D eigenvalue weighted by atomic mass is 9.63. The normalized spacial score (nSPS) is 22.7. The smallest absolute Gasteiger partial charge is 0.211 e. The molecule has 0 saturated heterocycles. The molecule has 1 rings (SSSR count). The Labute approximate surface area is 185 Å². The molecule has 0 heterocycles. The summed E-state index contributed by atoms with van der Waals surface area (Å²) in [5, 5.41) is 0. The highest BCUT2D eigenvalue weighted by Crippen LogP contribution is 2.47. The molecule has 8 heteroatoms. The van der Waals surface area contributed by atoms with Crippen molar-refractivity contribution < 1.29 is 19.2 Å². The molecule has 1 aliphatic carbocycles. The van der Waals surface area contributed by atoms with E-state index in [1.165, 1.54) is 6.08 Å². The summed E-state index contributed by atoms with van der Waals surface area (Å²) in [6.45, 7) is 14.1. The van der Waals surface area contributed by atoms with Gasteiger partial charge in [-0.2, -0.15) is 0 Å². The van der Waals surface area contributed by atoms with Crippen LogP contribution in [0.2, 0.25) is 0 Å². The van der Waals surface area contributed by atoms with Gasteiger partial charge in [-0.1, -0.05) is 41.5 Å². The van der Waals surface area contributed by atoms with Gasteiger partial charge >= 0.3 is 0 Å². The molecule has 3 atom stereocenters. The first kappa shape index (κ1) is 28.5. The first-order valence-electron chi connectivity index (χ1n) is 10.6. The van der Waals surface area contributed by atoms with Crippen LogP contribution in [0.15, 0.2) is 20.0 Å². The fourth-order valence-corrected chi connectivity index (χ4v) is 4.77. The van der Waals surface area contributed by atoms with Gasteiger partial charge in [-0.25, -0.2) is 39.1 Å².